The molecular formula is C12H14BrIN2O. The summed E-state index contributed by atoms with van der Waals surface area (Å²) in [5, 5.41) is 6.36. The van der Waals surface area contributed by atoms with Gasteiger partial charge in [0.15, 0.2) is 0 Å². The Morgan fingerprint density at radius 2 is 2.35 bits per heavy atom. The number of hydrogen-bond acceptors (Lipinski definition) is 2. The minimum absolute atomic E-state index is 0.00379. The van der Waals surface area contributed by atoms with Crippen LogP contribution in [0.25, 0.3) is 0 Å². The van der Waals surface area contributed by atoms with E-state index in [2.05, 4.69) is 49.2 Å². The molecule has 17 heavy (non-hydrogen) atoms. The molecule has 1 amide bonds. The fourth-order valence-corrected chi connectivity index (χ4v) is 2.83. The van der Waals surface area contributed by atoms with Gasteiger partial charge in [-0.1, -0.05) is 0 Å². The van der Waals surface area contributed by atoms with Crippen LogP contribution in [0.2, 0.25) is 0 Å². The Bertz CT molecular complexity index is 419. The third-order valence-electron chi connectivity index (χ3n) is 2.81. The lowest BCUT2D eigenvalue weighted by Crippen LogP contribution is -2.45. The predicted molar refractivity (Wildman–Crippen MR) is 80.2 cm³/mol. The van der Waals surface area contributed by atoms with E-state index >= 15 is 0 Å². The number of rotatable bonds is 2. The zero-order chi connectivity index (χ0) is 12.3. The number of hydrogen-bond donors (Lipinski definition) is 2. The minimum Gasteiger partial charge on any atom is -0.348 e. The number of carbonyl (C=O) groups excluding carboxylic acids is 1. The van der Waals surface area contributed by atoms with Crippen molar-refractivity contribution in [1.29, 1.82) is 0 Å². The zero-order valence-corrected chi connectivity index (χ0v) is 13.0. The number of halogens is 2. The van der Waals surface area contributed by atoms with Crippen molar-refractivity contribution in [3.63, 3.8) is 0 Å². The first-order valence-corrected chi connectivity index (χ1v) is 7.50. The van der Waals surface area contributed by atoms with Crippen molar-refractivity contribution in [1.82, 2.24) is 10.6 Å². The number of nitrogens with one attached hydrogen (secondary N) is 2. The fourth-order valence-electron chi connectivity index (χ4n) is 1.91. The summed E-state index contributed by atoms with van der Waals surface area (Å²) in [6.45, 7) is 1.92. The maximum Gasteiger partial charge on any atom is 0.252 e. The Hall–Kier alpha value is -0.140. The van der Waals surface area contributed by atoms with Gasteiger partial charge in [-0.05, 0) is 76.1 Å². The minimum atomic E-state index is 0.00379. The van der Waals surface area contributed by atoms with E-state index in [1.54, 1.807) is 0 Å². The molecule has 0 unspecified atom stereocenters. The van der Waals surface area contributed by atoms with E-state index in [-0.39, 0.29) is 11.9 Å². The normalized spacial score (nSPS) is 20.0. The lowest BCUT2D eigenvalue weighted by atomic mass is 10.1. The Morgan fingerprint density at radius 3 is 3.06 bits per heavy atom. The predicted octanol–water partition coefficient (Wildman–Crippen LogP) is 2.54. The Balaban J connectivity index is 2.05. The molecule has 1 saturated heterocycles. The summed E-state index contributed by atoms with van der Waals surface area (Å²) >= 11 is 5.63. The van der Waals surface area contributed by atoms with Gasteiger partial charge in [0.1, 0.15) is 0 Å². The summed E-state index contributed by atoms with van der Waals surface area (Å²) in [5.41, 5.74) is 0.711. The quantitative estimate of drug-likeness (QED) is 0.738. The van der Waals surface area contributed by atoms with Gasteiger partial charge < -0.3 is 10.6 Å². The lowest BCUT2D eigenvalue weighted by molar-refractivity contribution is 0.0930. The smallest absolute Gasteiger partial charge is 0.252 e. The molecule has 0 aliphatic carbocycles. The van der Waals surface area contributed by atoms with Gasteiger partial charge in [-0.15, -0.1) is 0 Å². The molecule has 1 aliphatic rings. The van der Waals surface area contributed by atoms with Crippen LogP contribution in [0.4, 0.5) is 0 Å². The summed E-state index contributed by atoms with van der Waals surface area (Å²) < 4.78 is 1.91. The topological polar surface area (TPSA) is 41.1 Å². The van der Waals surface area contributed by atoms with Gasteiger partial charge in [0.2, 0.25) is 0 Å². The van der Waals surface area contributed by atoms with E-state index in [1.807, 2.05) is 18.2 Å². The van der Waals surface area contributed by atoms with Crippen LogP contribution >= 0.6 is 38.5 Å². The van der Waals surface area contributed by atoms with Crippen LogP contribution < -0.4 is 10.6 Å². The Morgan fingerprint density at radius 1 is 1.53 bits per heavy atom. The molecule has 3 nitrogen and oxygen atoms in total. The zero-order valence-electron chi connectivity index (χ0n) is 9.30. The SMILES string of the molecule is O=C(N[C@H]1CCCNC1)c1cc(I)ccc1Br. The molecule has 1 atom stereocenters. The van der Waals surface area contributed by atoms with E-state index in [9.17, 15) is 4.79 Å². The second-order valence-corrected chi connectivity index (χ2v) is 6.24. The van der Waals surface area contributed by atoms with Crippen molar-refractivity contribution in [2.45, 2.75) is 18.9 Å². The van der Waals surface area contributed by atoms with Gasteiger partial charge in [-0.25, -0.2) is 0 Å². The van der Waals surface area contributed by atoms with Crippen molar-refractivity contribution < 1.29 is 4.79 Å². The standard InChI is InChI=1S/C12H14BrIN2O/c13-11-4-3-8(14)6-10(11)12(17)16-9-2-1-5-15-7-9/h3-4,6,9,15H,1-2,5,7H2,(H,16,17)/t9-/m0/s1. The van der Waals surface area contributed by atoms with Crippen molar-refractivity contribution in [2.24, 2.45) is 0 Å². The van der Waals surface area contributed by atoms with E-state index in [0.29, 0.717) is 5.56 Å². The largest absolute Gasteiger partial charge is 0.348 e. The van der Waals surface area contributed by atoms with Crippen LogP contribution in [0, 0.1) is 3.57 Å². The Labute approximate surface area is 123 Å². The van der Waals surface area contributed by atoms with E-state index in [4.69, 9.17) is 0 Å². The average molecular weight is 409 g/mol. The molecule has 1 aliphatic heterocycles. The summed E-state index contributed by atoms with van der Waals surface area (Å²) in [4.78, 5) is 12.1. The highest BCUT2D eigenvalue weighted by Crippen LogP contribution is 2.19. The van der Waals surface area contributed by atoms with Crippen LogP contribution in [0.15, 0.2) is 22.7 Å². The highest BCUT2D eigenvalue weighted by atomic mass is 127. The molecule has 0 aromatic heterocycles. The number of piperidine rings is 1. The number of benzene rings is 1. The monoisotopic (exact) mass is 408 g/mol. The van der Waals surface area contributed by atoms with Crippen molar-refractivity contribution >= 4 is 44.4 Å². The molecule has 5 heteroatoms. The first-order valence-electron chi connectivity index (χ1n) is 5.63. The third-order valence-corrected chi connectivity index (χ3v) is 4.17. The van der Waals surface area contributed by atoms with Gasteiger partial charge in [0.05, 0.1) is 5.56 Å². The highest BCUT2D eigenvalue weighted by Gasteiger charge is 2.17. The number of carbonyl (C=O) groups is 1. The maximum atomic E-state index is 12.1. The molecule has 2 N–H and O–H groups in total. The second-order valence-electron chi connectivity index (χ2n) is 4.14. The van der Waals surface area contributed by atoms with Crippen molar-refractivity contribution in [2.75, 3.05) is 13.1 Å². The second kappa shape index (κ2) is 6.15. The van der Waals surface area contributed by atoms with Gasteiger partial charge in [-0.2, -0.15) is 0 Å². The van der Waals surface area contributed by atoms with Crippen LogP contribution in [-0.4, -0.2) is 25.0 Å². The summed E-state index contributed by atoms with van der Waals surface area (Å²) in [7, 11) is 0. The van der Waals surface area contributed by atoms with Crippen LogP contribution in [0.1, 0.15) is 23.2 Å². The molecule has 1 heterocycles. The van der Waals surface area contributed by atoms with Crippen molar-refractivity contribution in [3.8, 4) is 0 Å². The van der Waals surface area contributed by atoms with E-state index in [1.165, 1.54) is 0 Å². The summed E-state index contributed by atoms with van der Waals surface area (Å²) in [6, 6.07) is 6.04. The molecule has 0 spiro atoms. The maximum absolute atomic E-state index is 12.1. The van der Waals surface area contributed by atoms with Gasteiger partial charge >= 0.3 is 0 Å². The van der Waals surface area contributed by atoms with E-state index < -0.39 is 0 Å². The summed E-state index contributed by atoms with van der Waals surface area (Å²) in [5.74, 6) is 0.00379. The highest BCUT2D eigenvalue weighted by molar-refractivity contribution is 14.1. The van der Waals surface area contributed by atoms with Crippen LogP contribution in [0.3, 0.4) is 0 Å². The molecule has 0 saturated carbocycles. The molecular weight excluding hydrogens is 395 g/mol. The third kappa shape index (κ3) is 3.66. The molecule has 0 radical (unpaired) electrons. The van der Waals surface area contributed by atoms with Gasteiger partial charge in [-0.3, -0.25) is 4.79 Å². The first-order chi connectivity index (χ1) is 8.16. The van der Waals surface area contributed by atoms with Gasteiger partial charge in [0, 0.05) is 20.6 Å². The fraction of sp³-hybridized carbons (Fsp3) is 0.417. The van der Waals surface area contributed by atoms with Crippen molar-refractivity contribution in [3.05, 3.63) is 31.8 Å². The van der Waals surface area contributed by atoms with Gasteiger partial charge in [0.25, 0.3) is 5.91 Å². The molecule has 1 aromatic rings. The first kappa shape index (κ1) is 13.3. The lowest BCUT2D eigenvalue weighted by Gasteiger charge is -2.24. The van der Waals surface area contributed by atoms with Crippen LogP contribution in [0.5, 0.6) is 0 Å². The molecule has 0 bridgehead atoms. The Kier molecular flexibility index (Phi) is 4.81. The molecule has 1 fully saturated rings. The molecule has 2 rings (SSSR count). The van der Waals surface area contributed by atoms with Crippen LogP contribution in [-0.2, 0) is 0 Å². The molecule has 1 aromatic carbocycles. The summed E-state index contributed by atoms with van der Waals surface area (Å²) in [6.07, 6.45) is 2.18. The number of amides is 1. The van der Waals surface area contributed by atoms with E-state index in [0.717, 1.165) is 34.0 Å². The molecule has 92 valence electrons. The average Bonchev–Trinajstić information content (AvgIpc) is 2.33.